The van der Waals surface area contributed by atoms with E-state index in [9.17, 15) is 9.59 Å². The molecule has 1 aliphatic heterocycles. The minimum atomic E-state index is -0.131. The zero-order chi connectivity index (χ0) is 20.9. The van der Waals surface area contributed by atoms with Gasteiger partial charge in [-0.25, -0.2) is 0 Å². The molecule has 1 aliphatic rings. The molecule has 3 aromatic carbocycles. The van der Waals surface area contributed by atoms with Gasteiger partial charge < -0.3 is 15.0 Å². The lowest BCUT2D eigenvalue weighted by Crippen LogP contribution is -2.41. The minimum absolute atomic E-state index is 0.00587. The predicted molar refractivity (Wildman–Crippen MR) is 117 cm³/mol. The number of carbonyl (C=O) groups is 2. The van der Waals surface area contributed by atoms with E-state index >= 15 is 0 Å². The molecule has 2 amide bonds. The molecule has 4 rings (SSSR count). The number of amides is 2. The van der Waals surface area contributed by atoms with E-state index in [1.54, 1.807) is 4.90 Å². The summed E-state index contributed by atoms with van der Waals surface area (Å²) in [5, 5.41) is 2.94. The second-order valence-corrected chi connectivity index (χ2v) is 7.39. The van der Waals surface area contributed by atoms with Crippen LogP contribution < -0.4 is 15.0 Å². The summed E-state index contributed by atoms with van der Waals surface area (Å²) in [7, 11) is 0. The largest absolute Gasteiger partial charge is 0.482 e. The van der Waals surface area contributed by atoms with Crippen LogP contribution in [0.5, 0.6) is 5.75 Å². The van der Waals surface area contributed by atoms with Crippen molar-refractivity contribution >= 4 is 17.5 Å². The third-order valence-corrected chi connectivity index (χ3v) is 5.17. The number of nitrogens with one attached hydrogen (secondary N) is 1. The number of anilines is 1. The molecule has 0 bridgehead atoms. The number of fused-ring (bicyclic) bond motifs is 1. The standard InChI is InChI=1S/C25H24N2O3/c1-18-5-4-6-21(15-18)20-11-9-19(10-12-20)16-26-24(28)13-14-27-22-7-2-3-8-23(22)30-17-25(27)29/h2-12,15H,13-14,16-17H2,1H3,(H,26,28). The Balaban J connectivity index is 1.31. The van der Waals surface area contributed by atoms with Crippen molar-refractivity contribution in [2.24, 2.45) is 0 Å². The van der Waals surface area contributed by atoms with Gasteiger partial charge in [0.2, 0.25) is 5.91 Å². The van der Waals surface area contributed by atoms with Crippen molar-refractivity contribution < 1.29 is 14.3 Å². The second kappa shape index (κ2) is 8.82. The Kier molecular flexibility index (Phi) is 5.80. The van der Waals surface area contributed by atoms with Gasteiger partial charge in [-0.2, -0.15) is 0 Å². The Bertz CT molecular complexity index is 1060. The van der Waals surface area contributed by atoms with Crippen LogP contribution in [0.15, 0.2) is 72.8 Å². The number of rotatable bonds is 6. The quantitative estimate of drug-likeness (QED) is 0.678. The lowest BCUT2D eigenvalue weighted by Gasteiger charge is -2.29. The van der Waals surface area contributed by atoms with Gasteiger partial charge >= 0.3 is 0 Å². The number of ether oxygens (including phenoxy) is 1. The van der Waals surface area contributed by atoms with Crippen LogP contribution >= 0.6 is 0 Å². The number of carbonyl (C=O) groups excluding carboxylic acids is 2. The van der Waals surface area contributed by atoms with Gasteiger partial charge in [-0.15, -0.1) is 0 Å². The molecule has 30 heavy (non-hydrogen) atoms. The van der Waals surface area contributed by atoms with Gasteiger partial charge in [0.25, 0.3) is 5.91 Å². The van der Waals surface area contributed by atoms with Crippen LogP contribution in [0, 0.1) is 6.92 Å². The van der Waals surface area contributed by atoms with Crippen LogP contribution in [-0.2, 0) is 16.1 Å². The lowest BCUT2D eigenvalue weighted by molar-refractivity contribution is -0.122. The maximum absolute atomic E-state index is 12.3. The first-order valence-electron chi connectivity index (χ1n) is 10.0. The van der Waals surface area contributed by atoms with Gasteiger partial charge in [0.1, 0.15) is 5.75 Å². The molecule has 0 aromatic heterocycles. The van der Waals surface area contributed by atoms with Crippen LogP contribution in [0.3, 0.4) is 0 Å². The molecule has 1 N–H and O–H groups in total. The maximum Gasteiger partial charge on any atom is 0.265 e. The number of hydrogen-bond donors (Lipinski definition) is 1. The van der Waals surface area contributed by atoms with Crippen LogP contribution in [0.4, 0.5) is 5.69 Å². The van der Waals surface area contributed by atoms with Crippen molar-refractivity contribution in [1.82, 2.24) is 5.32 Å². The number of nitrogens with zero attached hydrogens (tertiary/aromatic N) is 1. The third kappa shape index (κ3) is 4.51. The fraction of sp³-hybridized carbons (Fsp3) is 0.200. The first-order chi connectivity index (χ1) is 14.6. The van der Waals surface area contributed by atoms with Gasteiger partial charge in [0.05, 0.1) is 5.69 Å². The zero-order valence-electron chi connectivity index (χ0n) is 16.9. The summed E-state index contributed by atoms with van der Waals surface area (Å²) in [5.74, 6) is 0.453. The van der Waals surface area contributed by atoms with Crippen molar-refractivity contribution in [3.8, 4) is 16.9 Å². The second-order valence-electron chi connectivity index (χ2n) is 7.39. The molecular weight excluding hydrogens is 376 g/mol. The number of aryl methyl sites for hydroxylation is 1. The van der Waals surface area contributed by atoms with Gasteiger partial charge in [-0.1, -0.05) is 66.2 Å². The topological polar surface area (TPSA) is 58.6 Å². The van der Waals surface area contributed by atoms with E-state index in [1.165, 1.54) is 11.1 Å². The average Bonchev–Trinajstić information content (AvgIpc) is 2.77. The van der Waals surface area contributed by atoms with E-state index in [-0.39, 0.29) is 24.8 Å². The molecule has 0 unspecified atom stereocenters. The SMILES string of the molecule is Cc1cccc(-c2ccc(CNC(=O)CCN3C(=O)COc4ccccc43)cc2)c1. The molecule has 0 saturated heterocycles. The van der Waals surface area contributed by atoms with E-state index in [0.717, 1.165) is 11.1 Å². The van der Waals surface area contributed by atoms with E-state index in [0.29, 0.717) is 24.5 Å². The van der Waals surface area contributed by atoms with Gasteiger partial charge in [-0.3, -0.25) is 9.59 Å². The highest BCUT2D eigenvalue weighted by molar-refractivity contribution is 5.98. The molecule has 152 valence electrons. The predicted octanol–water partition coefficient (Wildman–Crippen LogP) is 4.09. The first-order valence-corrected chi connectivity index (χ1v) is 10.0. The monoisotopic (exact) mass is 400 g/mol. The normalized spacial score (nSPS) is 12.8. The molecule has 0 spiro atoms. The van der Waals surface area contributed by atoms with Crippen LogP contribution in [0.1, 0.15) is 17.5 Å². The average molecular weight is 400 g/mol. The molecule has 0 saturated carbocycles. The first kappa shape index (κ1) is 19.7. The van der Waals surface area contributed by atoms with E-state index in [2.05, 4.69) is 48.6 Å². The van der Waals surface area contributed by atoms with Crippen LogP contribution in [0.2, 0.25) is 0 Å². The van der Waals surface area contributed by atoms with Crippen molar-refractivity contribution in [1.29, 1.82) is 0 Å². The minimum Gasteiger partial charge on any atom is -0.482 e. The summed E-state index contributed by atoms with van der Waals surface area (Å²) >= 11 is 0. The van der Waals surface area contributed by atoms with Crippen LogP contribution in [-0.4, -0.2) is 25.0 Å². The third-order valence-electron chi connectivity index (χ3n) is 5.17. The van der Waals surface area contributed by atoms with Crippen LogP contribution in [0.25, 0.3) is 11.1 Å². The highest BCUT2D eigenvalue weighted by Crippen LogP contribution is 2.31. The summed E-state index contributed by atoms with van der Waals surface area (Å²) in [6, 6.07) is 24.0. The number of para-hydroxylation sites is 2. The highest BCUT2D eigenvalue weighted by atomic mass is 16.5. The fourth-order valence-corrected chi connectivity index (χ4v) is 3.54. The molecule has 0 atom stereocenters. The van der Waals surface area contributed by atoms with Gasteiger partial charge in [-0.05, 0) is 35.7 Å². The van der Waals surface area contributed by atoms with Crippen molar-refractivity contribution in [2.75, 3.05) is 18.1 Å². The molecule has 3 aromatic rings. The zero-order valence-corrected chi connectivity index (χ0v) is 16.9. The summed E-state index contributed by atoms with van der Waals surface area (Å²) < 4.78 is 5.43. The molecule has 0 fully saturated rings. The molecule has 5 heteroatoms. The molecular formula is C25H24N2O3. The maximum atomic E-state index is 12.3. The smallest absolute Gasteiger partial charge is 0.265 e. The van der Waals surface area contributed by atoms with E-state index < -0.39 is 0 Å². The number of hydrogen-bond acceptors (Lipinski definition) is 3. The summed E-state index contributed by atoms with van der Waals surface area (Å²) in [5.41, 5.74) is 5.31. The van der Waals surface area contributed by atoms with Crippen molar-refractivity contribution in [2.45, 2.75) is 19.9 Å². The Morgan fingerprint density at radius 1 is 1.00 bits per heavy atom. The van der Waals surface area contributed by atoms with E-state index in [4.69, 9.17) is 4.74 Å². The van der Waals surface area contributed by atoms with E-state index in [1.807, 2.05) is 36.4 Å². The Hall–Kier alpha value is -3.60. The Morgan fingerprint density at radius 3 is 2.60 bits per heavy atom. The Morgan fingerprint density at radius 2 is 1.80 bits per heavy atom. The number of benzene rings is 3. The summed E-state index contributed by atoms with van der Waals surface area (Å²) in [6.07, 6.45) is 0.238. The summed E-state index contributed by atoms with van der Waals surface area (Å²) in [4.78, 5) is 26.1. The summed E-state index contributed by atoms with van der Waals surface area (Å²) in [6.45, 7) is 2.88. The molecule has 0 radical (unpaired) electrons. The molecule has 1 heterocycles. The van der Waals surface area contributed by atoms with Gasteiger partial charge in [0.15, 0.2) is 6.61 Å². The molecule has 5 nitrogen and oxygen atoms in total. The van der Waals surface area contributed by atoms with Crippen molar-refractivity contribution in [3.05, 3.63) is 83.9 Å². The van der Waals surface area contributed by atoms with Crippen molar-refractivity contribution in [3.63, 3.8) is 0 Å². The van der Waals surface area contributed by atoms with Gasteiger partial charge in [0, 0.05) is 19.5 Å². The fourth-order valence-electron chi connectivity index (χ4n) is 3.54. The molecule has 0 aliphatic carbocycles. The lowest BCUT2D eigenvalue weighted by atomic mass is 10.0. The Labute approximate surface area is 176 Å². The highest BCUT2D eigenvalue weighted by Gasteiger charge is 2.25.